The number of carbonyl (C=O) groups excluding carboxylic acids is 1. The van der Waals surface area contributed by atoms with E-state index in [2.05, 4.69) is 12.2 Å². The second-order valence-corrected chi connectivity index (χ2v) is 5.10. The Balaban J connectivity index is 2.46. The molecular weight excluding hydrogens is 290 g/mol. The molecule has 118 valence electrons. The molecule has 1 aromatic rings. The fourth-order valence-electron chi connectivity index (χ4n) is 1.86. The Bertz CT molecular complexity index is 438. The van der Waals surface area contributed by atoms with Crippen LogP contribution in [0.1, 0.15) is 31.7 Å². The third-order valence-corrected chi connectivity index (χ3v) is 3.23. The number of halogens is 1. The molecule has 5 heteroatoms. The number of alkyl halides is 1. The van der Waals surface area contributed by atoms with E-state index in [1.165, 1.54) is 0 Å². The SMILES string of the molecule is CCCOc1ccc(CCNC(=O)CCCCl)cc1OC. The van der Waals surface area contributed by atoms with Gasteiger partial charge in [-0.15, -0.1) is 11.6 Å². The van der Waals surface area contributed by atoms with Crippen LogP contribution in [0.3, 0.4) is 0 Å². The second kappa shape index (κ2) is 10.3. The summed E-state index contributed by atoms with van der Waals surface area (Å²) in [6, 6.07) is 5.87. The highest BCUT2D eigenvalue weighted by Crippen LogP contribution is 2.28. The Labute approximate surface area is 131 Å². The molecule has 0 saturated carbocycles. The first-order valence-corrected chi connectivity index (χ1v) is 7.87. The minimum atomic E-state index is 0.0468. The van der Waals surface area contributed by atoms with Crippen LogP contribution in [0.15, 0.2) is 18.2 Å². The Morgan fingerprint density at radius 2 is 2.14 bits per heavy atom. The molecule has 21 heavy (non-hydrogen) atoms. The molecular formula is C16H24ClNO3. The van der Waals surface area contributed by atoms with Gasteiger partial charge in [0.1, 0.15) is 0 Å². The Morgan fingerprint density at radius 3 is 2.81 bits per heavy atom. The fraction of sp³-hybridized carbons (Fsp3) is 0.562. The van der Waals surface area contributed by atoms with Crippen LogP contribution in [-0.4, -0.2) is 32.0 Å². The van der Waals surface area contributed by atoms with Crippen molar-refractivity contribution >= 4 is 17.5 Å². The number of carbonyl (C=O) groups is 1. The van der Waals surface area contributed by atoms with Gasteiger partial charge in [-0.25, -0.2) is 0 Å². The maximum atomic E-state index is 11.5. The minimum absolute atomic E-state index is 0.0468. The third-order valence-electron chi connectivity index (χ3n) is 2.96. The Morgan fingerprint density at radius 1 is 1.33 bits per heavy atom. The summed E-state index contributed by atoms with van der Waals surface area (Å²) in [5, 5.41) is 2.88. The molecule has 1 rings (SSSR count). The number of nitrogens with one attached hydrogen (secondary N) is 1. The zero-order valence-electron chi connectivity index (χ0n) is 12.8. The molecule has 1 amide bonds. The van der Waals surface area contributed by atoms with Crippen molar-refractivity contribution in [2.75, 3.05) is 26.1 Å². The maximum Gasteiger partial charge on any atom is 0.220 e. The molecule has 0 aromatic heterocycles. The average molecular weight is 314 g/mol. The van der Waals surface area contributed by atoms with Crippen LogP contribution in [0.2, 0.25) is 0 Å². The molecule has 0 aliphatic heterocycles. The summed E-state index contributed by atoms with van der Waals surface area (Å²) in [6.45, 7) is 3.35. The number of rotatable bonds is 10. The second-order valence-electron chi connectivity index (χ2n) is 4.73. The summed E-state index contributed by atoms with van der Waals surface area (Å²) in [5.74, 6) is 2.05. The fourth-order valence-corrected chi connectivity index (χ4v) is 1.99. The van der Waals surface area contributed by atoms with Gasteiger partial charge in [-0.2, -0.15) is 0 Å². The van der Waals surface area contributed by atoms with E-state index in [0.717, 1.165) is 29.9 Å². The summed E-state index contributed by atoms with van der Waals surface area (Å²) in [7, 11) is 1.63. The van der Waals surface area contributed by atoms with Gasteiger partial charge < -0.3 is 14.8 Å². The van der Waals surface area contributed by atoms with Gasteiger partial charge in [0, 0.05) is 18.8 Å². The number of benzene rings is 1. The van der Waals surface area contributed by atoms with Gasteiger partial charge in [0.25, 0.3) is 0 Å². The van der Waals surface area contributed by atoms with Crippen LogP contribution in [0.4, 0.5) is 0 Å². The van der Waals surface area contributed by atoms with Crippen molar-refractivity contribution < 1.29 is 14.3 Å². The first-order chi connectivity index (χ1) is 10.2. The first-order valence-electron chi connectivity index (χ1n) is 7.33. The summed E-state index contributed by atoms with van der Waals surface area (Å²) in [5.41, 5.74) is 1.10. The zero-order chi connectivity index (χ0) is 15.5. The van der Waals surface area contributed by atoms with Crippen molar-refractivity contribution in [2.45, 2.75) is 32.6 Å². The smallest absolute Gasteiger partial charge is 0.220 e. The summed E-state index contributed by atoms with van der Waals surface area (Å²) < 4.78 is 10.9. The molecule has 0 unspecified atom stereocenters. The van der Waals surface area contributed by atoms with E-state index in [1.807, 2.05) is 18.2 Å². The normalized spacial score (nSPS) is 10.2. The van der Waals surface area contributed by atoms with E-state index in [0.29, 0.717) is 31.9 Å². The van der Waals surface area contributed by atoms with Gasteiger partial charge in [0.2, 0.25) is 5.91 Å². The summed E-state index contributed by atoms with van der Waals surface area (Å²) in [6.07, 6.45) is 2.91. The van der Waals surface area contributed by atoms with E-state index >= 15 is 0 Å². The largest absolute Gasteiger partial charge is 0.493 e. The van der Waals surface area contributed by atoms with E-state index in [4.69, 9.17) is 21.1 Å². The highest BCUT2D eigenvalue weighted by molar-refractivity contribution is 6.17. The van der Waals surface area contributed by atoms with Crippen LogP contribution in [0, 0.1) is 0 Å². The molecule has 4 nitrogen and oxygen atoms in total. The van der Waals surface area contributed by atoms with Crippen LogP contribution >= 0.6 is 11.6 Å². The van der Waals surface area contributed by atoms with Gasteiger partial charge in [-0.1, -0.05) is 13.0 Å². The average Bonchev–Trinajstić information content (AvgIpc) is 2.51. The van der Waals surface area contributed by atoms with Crippen LogP contribution < -0.4 is 14.8 Å². The van der Waals surface area contributed by atoms with Gasteiger partial charge >= 0.3 is 0 Å². The number of ether oxygens (including phenoxy) is 2. The van der Waals surface area contributed by atoms with Crippen molar-refractivity contribution in [3.05, 3.63) is 23.8 Å². The van der Waals surface area contributed by atoms with Crippen molar-refractivity contribution in [1.29, 1.82) is 0 Å². The number of hydrogen-bond acceptors (Lipinski definition) is 3. The highest BCUT2D eigenvalue weighted by Gasteiger charge is 2.06. The molecule has 0 saturated heterocycles. The van der Waals surface area contributed by atoms with Crippen LogP contribution in [0.25, 0.3) is 0 Å². The molecule has 0 aliphatic rings. The van der Waals surface area contributed by atoms with Gasteiger partial charge in [-0.3, -0.25) is 4.79 Å². The predicted octanol–water partition coefficient (Wildman–Crippen LogP) is 3.16. The van der Waals surface area contributed by atoms with Crippen molar-refractivity contribution in [1.82, 2.24) is 5.32 Å². The topological polar surface area (TPSA) is 47.6 Å². The lowest BCUT2D eigenvalue weighted by Crippen LogP contribution is -2.25. The summed E-state index contributed by atoms with van der Waals surface area (Å²) in [4.78, 5) is 11.5. The summed E-state index contributed by atoms with van der Waals surface area (Å²) >= 11 is 5.55. The molecule has 0 fully saturated rings. The molecule has 0 aliphatic carbocycles. The number of methoxy groups -OCH3 is 1. The van der Waals surface area contributed by atoms with E-state index in [1.54, 1.807) is 7.11 Å². The molecule has 1 N–H and O–H groups in total. The lowest BCUT2D eigenvalue weighted by Gasteiger charge is -2.12. The van der Waals surface area contributed by atoms with Crippen molar-refractivity contribution in [3.63, 3.8) is 0 Å². The van der Waals surface area contributed by atoms with Crippen LogP contribution in [0.5, 0.6) is 11.5 Å². The first kappa shape index (κ1) is 17.6. The predicted molar refractivity (Wildman–Crippen MR) is 85.4 cm³/mol. The lowest BCUT2D eigenvalue weighted by atomic mass is 10.1. The Hall–Kier alpha value is -1.42. The molecule has 0 bridgehead atoms. The Kier molecular flexibility index (Phi) is 8.67. The van der Waals surface area contributed by atoms with Crippen molar-refractivity contribution in [2.24, 2.45) is 0 Å². The van der Waals surface area contributed by atoms with Gasteiger partial charge in [-0.05, 0) is 37.0 Å². The third kappa shape index (κ3) is 6.71. The molecule has 0 spiro atoms. The van der Waals surface area contributed by atoms with E-state index in [9.17, 15) is 4.79 Å². The molecule has 0 heterocycles. The lowest BCUT2D eigenvalue weighted by molar-refractivity contribution is -0.121. The molecule has 0 radical (unpaired) electrons. The number of amides is 1. The highest BCUT2D eigenvalue weighted by atomic mass is 35.5. The van der Waals surface area contributed by atoms with E-state index < -0.39 is 0 Å². The van der Waals surface area contributed by atoms with Crippen LogP contribution in [-0.2, 0) is 11.2 Å². The van der Waals surface area contributed by atoms with Gasteiger partial charge in [0.05, 0.1) is 13.7 Å². The molecule has 0 atom stereocenters. The van der Waals surface area contributed by atoms with E-state index in [-0.39, 0.29) is 5.91 Å². The van der Waals surface area contributed by atoms with Crippen molar-refractivity contribution in [3.8, 4) is 11.5 Å². The number of hydrogen-bond donors (Lipinski definition) is 1. The van der Waals surface area contributed by atoms with Gasteiger partial charge in [0.15, 0.2) is 11.5 Å². The standard InChI is InChI=1S/C16H24ClNO3/c1-3-11-21-14-7-6-13(12-15(14)20-2)8-10-18-16(19)5-4-9-17/h6-7,12H,3-5,8-11H2,1-2H3,(H,18,19). The zero-order valence-corrected chi connectivity index (χ0v) is 13.5. The maximum absolute atomic E-state index is 11.5. The quantitative estimate of drug-likeness (QED) is 0.675. The molecule has 1 aromatic carbocycles. The minimum Gasteiger partial charge on any atom is -0.493 e. The monoisotopic (exact) mass is 313 g/mol.